The fourth-order valence-corrected chi connectivity index (χ4v) is 1.72. The quantitative estimate of drug-likeness (QED) is 0.550. The van der Waals surface area contributed by atoms with Crippen LogP contribution in [-0.2, 0) is 0 Å². The summed E-state index contributed by atoms with van der Waals surface area (Å²) in [5.74, 6) is -0.120. The van der Waals surface area contributed by atoms with Gasteiger partial charge >= 0.3 is 0 Å². The van der Waals surface area contributed by atoms with Crippen molar-refractivity contribution in [1.82, 2.24) is 0 Å². The molecule has 0 unspecified atom stereocenters. The Labute approximate surface area is 93.6 Å². The summed E-state index contributed by atoms with van der Waals surface area (Å²) in [4.78, 5) is 0. The zero-order valence-corrected chi connectivity index (χ0v) is 10.3. The van der Waals surface area contributed by atoms with Gasteiger partial charge in [-0.05, 0) is 37.7 Å². The van der Waals surface area contributed by atoms with Crippen molar-refractivity contribution in [2.75, 3.05) is 0 Å². The normalized spacial score (nSPS) is 19.1. The molecule has 0 aromatic rings. The van der Waals surface area contributed by atoms with Crippen LogP contribution in [0.25, 0.3) is 0 Å². The summed E-state index contributed by atoms with van der Waals surface area (Å²) in [6, 6.07) is 0. The van der Waals surface area contributed by atoms with Gasteiger partial charge in [0.05, 0.1) is 5.83 Å². The molecular formula is C14H23F. The molecule has 1 saturated carbocycles. The first kappa shape index (κ1) is 14.2. The molecule has 0 N–H and O–H groups in total. The summed E-state index contributed by atoms with van der Waals surface area (Å²) in [7, 11) is 0. The standard InChI is InChI=1S/C10H16.C4H7F/c1-4-9(2)10(3)7-5-6-8-10;1-3-4(2)5/h4H,1-2,5-8H2,3H3;3H,1-2H3/b;4-3+. The van der Waals surface area contributed by atoms with Crippen LogP contribution in [0.5, 0.6) is 0 Å². The van der Waals surface area contributed by atoms with E-state index in [9.17, 15) is 4.39 Å². The molecule has 0 aromatic heterocycles. The van der Waals surface area contributed by atoms with Crippen LogP contribution in [0.4, 0.5) is 4.39 Å². The Morgan fingerprint density at radius 1 is 1.33 bits per heavy atom. The largest absolute Gasteiger partial charge is 0.213 e. The first-order valence-electron chi connectivity index (χ1n) is 5.56. The molecule has 1 fully saturated rings. The number of allylic oxidation sites excluding steroid dienone is 4. The van der Waals surface area contributed by atoms with Crippen LogP contribution in [0, 0.1) is 5.41 Å². The fraction of sp³-hybridized carbons (Fsp3) is 0.571. The van der Waals surface area contributed by atoms with E-state index in [0.717, 1.165) is 0 Å². The lowest BCUT2D eigenvalue weighted by Gasteiger charge is -2.23. The molecule has 1 rings (SSSR count). The molecular weight excluding hydrogens is 187 g/mol. The van der Waals surface area contributed by atoms with Gasteiger partial charge in [-0.1, -0.05) is 45.1 Å². The van der Waals surface area contributed by atoms with E-state index in [4.69, 9.17) is 0 Å². The van der Waals surface area contributed by atoms with Crippen LogP contribution >= 0.6 is 0 Å². The third-order valence-electron chi connectivity index (χ3n) is 3.13. The highest BCUT2D eigenvalue weighted by atomic mass is 19.1. The Hall–Kier alpha value is -0.850. The molecule has 86 valence electrons. The minimum Gasteiger partial charge on any atom is -0.213 e. The highest BCUT2D eigenvalue weighted by molar-refractivity contribution is 5.21. The summed E-state index contributed by atoms with van der Waals surface area (Å²) < 4.78 is 11.3. The number of hydrogen-bond donors (Lipinski definition) is 0. The Kier molecular flexibility index (Phi) is 6.23. The van der Waals surface area contributed by atoms with E-state index < -0.39 is 0 Å². The van der Waals surface area contributed by atoms with E-state index >= 15 is 0 Å². The zero-order valence-electron chi connectivity index (χ0n) is 10.3. The van der Waals surface area contributed by atoms with Gasteiger partial charge in [0.1, 0.15) is 0 Å². The highest BCUT2D eigenvalue weighted by Crippen LogP contribution is 2.43. The van der Waals surface area contributed by atoms with Crippen LogP contribution in [0.3, 0.4) is 0 Å². The minimum absolute atomic E-state index is 0.120. The number of rotatable bonds is 2. The molecule has 0 saturated heterocycles. The summed E-state index contributed by atoms with van der Waals surface area (Å²) in [6.07, 6.45) is 8.66. The summed E-state index contributed by atoms with van der Waals surface area (Å²) in [5, 5.41) is 0. The van der Waals surface area contributed by atoms with Gasteiger partial charge < -0.3 is 0 Å². The second kappa shape index (κ2) is 6.60. The van der Waals surface area contributed by atoms with E-state index in [0.29, 0.717) is 5.41 Å². The molecule has 0 amide bonds. The van der Waals surface area contributed by atoms with Gasteiger partial charge in [-0.2, -0.15) is 0 Å². The molecule has 1 aliphatic rings. The first-order chi connectivity index (χ1) is 6.96. The molecule has 0 spiro atoms. The van der Waals surface area contributed by atoms with Gasteiger partial charge in [0.15, 0.2) is 0 Å². The molecule has 15 heavy (non-hydrogen) atoms. The van der Waals surface area contributed by atoms with Crippen molar-refractivity contribution in [2.45, 2.75) is 46.5 Å². The van der Waals surface area contributed by atoms with Crippen molar-refractivity contribution in [3.63, 3.8) is 0 Å². The maximum Gasteiger partial charge on any atom is 0.0926 e. The topological polar surface area (TPSA) is 0 Å². The lowest BCUT2D eigenvalue weighted by molar-refractivity contribution is 0.426. The third kappa shape index (κ3) is 4.96. The van der Waals surface area contributed by atoms with Gasteiger partial charge in [0, 0.05) is 0 Å². The Bertz CT molecular complexity index is 238. The van der Waals surface area contributed by atoms with Crippen LogP contribution in [0.15, 0.2) is 36.7 Å². The Morgan fingerprint density at radius 2 is 1.73 bits per heavy atom. The van der Waals surface area contributed by atoms with Crippen LogP contribution in [0.1, 0.15) is 46.5 Å². The van der Waals surface area contributed by atoms with Crippen molar-refractivity contribution >= 4 is 0 Å². The maximum atomic E-state index is 11.3. The van der Waals surface area contributed by atoms with Crippen molar-refractivity contribution in [2.24, 2.45) is 5.41 Å². The fourth-order valence-electron chi connectivity index (χ4n) is 1.72. The third-order valence-corrected chi connectivity index (χ3v) is 3.13. The van der Waals surface area contributed by atoms with Crippen molar-refractivity contribution in [1.29, 1.82) is 0 Å². The van der Waals surface area contributed by atoms with Crippen molar-refractivity contribution in [3.05, 3.63) is 36.7 Å². The van der Waals surface area contributed by atoms with Gasteiger partial charge in [-0.25, -0.2) is 4.39 Å². The van der Waals surface area contributed by atoms with Crippen LogP contribution < -0.4 is 0 Å². The Balaban J connectivity index is 0.000000336. The molecule has 0 heterocycles. The highest BCUT2D eigenvalue weighted by Gasteiger charge is 2.29. The minimum atomic E-state index is -0.120. The average molecular weight is 210 g/mol. The second-order valence-corrected chi connectivity index (χ2v) is 4.37. The molecule has 0 atom stereocenters. The average Bonchev–Trinajstić information content (AvgIpc) is 2.66. The van der Waals surface area contributed by atoms with E-state index in [1.165, 1.54) is 44.3 Å². The van der Waals surface area contributed by atoms with Crippen molar-refractivity contribution in [3.8, 4) is 0 Å². The van der Waals surface area contributed by atoms with Gasteiger partial charge in [0.2, 0.25) is 0 Å². The maximum absolute atomic E-state index is 11.3. The molecule has 0 bridgehead atoms. The van der Waals surface area contributed by atoms with E-state index in [1.54, 1.807) is 6.92 Å². The molecule has 0 radical (unpaired) electrons. The number of halogens is 1. The Morgan fingerprint density at radius 3 is 2.00 bits per heavy atom. The van der Waals surface area contributed by atoms with Crippen molar-refractivity contribution < 1.29 is 4.39 Å². The molecule has 0 aromatic carbocycles. The summed E-state index contributed by atoms with van der Waals surface area (Å²) in [6.45, 7) is 13.1. The number of hydrogen-bond acceptors (Lipinski definition) is 0. The van der Waals surface area contributed by atoms with E-state index in [-0.39, 0.29) is 5.83 Å². The van der Waals surface area contributed by atoms with E-state index in [2.05, 4.69) is 20.1 Å². The molecule has 1 aliphatic carbocycles. The molecule has 0 aliphatic heterocycles. The summed E-state index contributed by atoms with van der Waals surface area (Å²) >= 11 is 0. The summed E-state index contributed by atoms with van der Waals surface area (Å²) in [5.41, 5.74) is 1.62. The van der Waals surface area contributed by atoms with E-state index in [1.807, 2.05) is 6.08 Å². The van der Waals surface area contributed by atoms with Gasteiger partial charge in [-0.3, -0.25) is 0 Å². The molecule has 0 nitrogen and oxygen atoms in total. The first-order valence-corrected chi connectivity index (χ1v) is 5.56. The van der Waals surface area contributed by atoms with Crippen LogP contribution in [-0.4, -0.2) is 0 Å². The monoisotopic (exact) mass is 210 g/mol. The predicted octanol–water partition coefficient (Wildman–Crippen LogP) is 5.19. The molecule has 1 heteroatoms. The van der Waals surface area contributed by atoms with Gasteiger partial charge in [-0.15, -0.1) is 0 Å². The zero-order chi connectivity index (χ0) is 11.9. The van der Waals surface area contributed by atoms with Gasteiger partial charge in [0.25, 0.3) is 0 Å². The van der Waals surface area contributed by atoms with Crippen LogP contribution in [0.2, 0.25) is 0 Å². The second-order valence-electron chi connectivity index (χ2n) is 4.37. The lowest BCUT2D eigenvalue weighted by Crippen LogP contribution is -2.11. The lowest BCUT2D eigenvalue weighted by atomic mass is 9.81. The predicted molar refractivity (Wildman–Crippen MR) is 66.5 cm³/mol. The SMILES string of the molecule is C/C=C(\C)F.C=CC(=C)C1(C)CCCC1. The smallest absolute Gasteiger partial charge is 0.0926 e.